The smallest absolute Gasteiger partial charge is 0.234 e. The summed E-state index contributed by atoms with van der Waals surface area (Å²) in [6.07, 6.45) is 0. The Morgan fingerprint density at radius 3 is 1.97 bits per heavy atom. The summed E-state index contributed by atoms with van der Waals surface area (Å²) in [5.74, 6) is 0.707. The molecule has 0 unspecified atom stereocenters. The molecule has 7 nitrogen and oxygen atoms in total. The second kappa shape index (κ2) is 10.8. The Morgan fingerprint density at radius 2 is 1.39 bits per heavy atom. The molecule has 4 aromatic rings. The first-order valence-corrected chi connectivity index (χ1v) is 11.5. The Balaban J connectivity index is 1.50. The summed E-state index contributed by atoms with van der Waals surface area (Å²) >= 11 is 7.36. The number of hydrogen-bond donors (Lipinski definition) is 3. The molecule has 0 saturated heterocycles. The summed E-state index contributed by atoms with van der Waals surface area (Å²) in [5.41, 5.74) is 3.20. The minimum Gasteiger partial charge on any atom is -0.325 e. The van der Waals surface area contributed by atoms with Crippen molar-refractivity contribution in [3.05, 3.63) is 89.4 Å². The van der Waals surface area contributed by atoms with Crippen molar-refractivity contribution in [1.29, 1.82) is 0 Å². The maximum absolute atomic E-state index is 12.5. The van der Waals surface area contributed by atoms with E-state index in [2.05, 4.69) is 30.9 Å². The minimum absolute atomic E-state index is 0.130. The van der Waals surface area contributed by atoms with Crippen molar-refractivity contribution in [2.24, 2.45) is 0 Å². The third kappa shape index (κ3) is 6.44. The molecular formula is C24H21ClN6OS. The highest BCUT2D eigenvalue weighted by Crippen LogP contribution is 2.24. The van der Waals surface area contributed by atoms with Gasteiger partial charge >= 0.3 is 0 Å². The van der Waals surface area contributed by atoms with Crippen LogP contribution >= 0.6 is 23.4 Å². The third-order valence-corrected chi connectivity index (χ3v) is 5.81. The van der Waals surface area contributed by atoms with E-state index in [0.717, 1.165) is 16.9 Å². The lowest BCUT2D eigenvalue weighted by Gasteiger charge is -2.11. The Bertz CT molecular complexity index is 1180. The lowest BCUT2D eigenvalue weighted by atomic mass is 10.2. The number of nitrogens with one attached hydrogen (secondary N) is 3. The molecule has 166 valence electrons. The number of nitrogens with zero attached hydrogens (tertiary/aromatic N) is 3. The van der Waals surface area contributed by atoms with Gasteiger partial charge in [-0.1, -0.05) is 65.8 Å². The van der Waals surface area contributed by atoms with Gasteiger partial charge in [0.2, 0.25) is 17.8 Å². The average molecular weight is 477 g/mol. The lowest BCUT2D eigenvalue weighted by molar-refractivity contribution is -0.113. The van der Waals surface area contributed by atoms with E-state index >= 15 is 0 Å². The van der Waals surface area contributed by atoms with E-state index in [4.69, 9.17) is 11.6 Å². The lowest BCUT2D eigenvalue weighted by Crippen LogP contribution is -2.15. The van der Waals surface area contributed by atoms with E-state index in [-0.39, 0.29) is 11.7 Å². The van der Waals surface area contributed by atoms with Crippen molar-refractivity contribution >= 4 is 58.2 Å². The number of benzene rings is 3. The van der Waals surface area contributed by atoms with Crippen LogP contribution in [0.25, 0.3) is 0 Å². The van der Waals surface area contributed by atoms with Crippen LogP contribution in [0.4, 0.5) is 29.0 Å². The predicted octanol–water partition coefficient (Wildman–Crippen LogP) is 6.05. The van der Waals surface area contributed by atoms with Crippen LogP contribution in [0.15, 0.2) is 84.0 Å². The summed E-state index contributed by atoms with van der Waals surface area (Å²) in [5, 5.41) is 10.3. The van der Waals surface area contributed by atoms with Gasteiger partial charge in [-0.05, 0) is 48.9 Å². The quantitative estimate of drug-likeness (QED) is 0.266. The molecule has 0 fully saturated rings. The number of rotatable bonds is 8. The van der Waals surface area contributed by atoms with Gasteiger partial charge in [0.25, 0.3) is 0 Å². The number of thioether (sulfide) groups is 1. The number of hydrogen-bond acceptors (Lipinski definition) is 7. The van der Waals surface area contributed by atoms with Gasteiger partial charge in [-0.3, -0.25) is 4.79 Å². The molecule has 0 aliphatic heterocycles. The maximum Gasteiger partial charge on any atom is 0.234 e. The van der Waals surface area contributed by atoms with Crippen LogP contribution < -0.4 is 16.0 Å². The second-order valence-corrected chi connectivity index (χ2v) is 8.35. The summed E-state index contributed by atoms with van der Waals surface area (Å²) in [6.45, 7) is 1.86. The van der Waals surface area contributed by atoms with Crippen LogP contribution in [-0.4, -0.2) is 26.6 Å². The van der Waals surface area contributed by atoms with Gasteiger partial charge in [0.05, 0.1) is 5.75 Å². The van der Waals surface area contributed by atoms with E-state index in [1.807, 2.05) is 73.7 Å². The van der Waals surface area contributed by atoms with E-state index in [9.17, 15) is 4.79 Å². The molecule has 0 atom stereocenters. The average Bonchev–Trinajstić information content (AvgIpc) is 2.82. The van der Waals surface area contributed by atoms with Crippen LogP contribution in [0.2, 0.25) is 5.02 Å². The normalized spacial score (nSPS) is 10.5. The van der Waals surface area contributed by atoms with Gasteiger partial charge in [-0.15, -0.1) is 0 Å². The largest absolute Gasteiger partial charge is 0.325 e. The van der Waals surface area contributed by atoms with Crippen molar-refractivity contribution in [3.63, 3.8) is 0 Å². The molecule has 3 N–H and O–H groups in total. The number of carbonyl (C=O) groups excluding carboxylic acids is 1. The molecule has 0 bridgehead atoms. The molecule has 0 spiro atoms. The molecule has 0 saturated carbocycles. The van der Waals surface area contributed by atoms with E-state index in [1.165, 1.54) is 11.8 Å². The highest BCUT2D eigenvalue weighted by molar-refractivity contribution is 7.99. The maximum atomic E-state index is 12.5. The molecule has 1 heterocycles. The minimum atomic E-state index is -0.180. The molecule has 3 aromatic carbocycles. The Kier molecular flexibility index (Phi) is 7.39. The van der Waals surface area contributed by atoms with Gasteiger partial charge in [0, 0.05) is 22.1 Å². The summed E-state index contributed by atoms with van der Waals surface area (Å²) in [7, 11) is 0. The van der Waals surface area contributed by atoms with E-state index in [0.29, 0.717) is 27.8 Å². The Morgan fingerprint density at radius 1 is 0.818 bits per heavy atom. The number of aromatic nitrogens is 3. The molecule has 4 rings (SSSR count). The first-order valence-electron chi connectivity index (χ1n) is 10.1. The number of halogens is 1. The van der Waals surface area contributed by atoms with Gasteiger partial charge < -0.3 is 16.0 Å². The molecular weight excluding hydrogens is 456 g/mol. The molecule has 1 amide bonds. The molecule has 9 heteroatoms. The second-order valence-electron chi connectivity index (χ2n) is 7.00. The Labute approximate surface area is 201 Å². The summed E-state index contributed by atoms with van der Waals surface area (Å²) in [6, 6.07) is 24.6. The highest BCUT2D eigenvalue weighted by atomic mass is 35.5. The molecule has 1 aromatic heterocycles. The fourth-order valence-corrected chi connectivity index (χ4v) is 3.70. The number of amides is 1. The van der Waals surface area contributed by atoms with Crippen LogP contribution in [0.3, 0.4) is 0 Å². The van der Waals surface area contributed by atoms with E-state index < -0.39 is 0 Å². The van der Waals surface area contributed by atoms with Crippen LogP contribution in [0.1, 0.15) is 5.56 Å². The van der Waals surface area contributed by atoms with Crippen molar-refractivity contribution in [3.8, 4) is 0 Å². The zero-order valence-electron chi connectivity index (χ0n) is 17.7. The standard InChI is InChI=1S/C24H21ClN6OS/c1-16-19(25)13-8-14-20(16)28-21(32)15-33-24-30-22(26-17-9-4-2-5-10-17)29-23(31-24)27-18-11-6-3-7-12-18/h2-14H,15H2,1H3,(H,28,32)(H2,26,27,29,30,31). The summed E-state index contributed by atoms with van der Waals surface area (Å²) < 4.78 is 0. The first kappa shape index (κ1) is 22.6. The zero-order chi connectivity index (χ0) is 23.0. The van der Waals surface area contributed by atoms with Gasteiger partial charge in [0.15, 0.2) is 5.16 Å². The predicted molar refractivity (Wildman–Crippen MR) is 135 cm³/mol. The summed E-state index contributed by atoms with van der Waals surface area (Å²) in [4.78, 5) is 25.9. The third-order valence-electron chi connectivity index (χ3n) is 4.55. The van der Waals surface area contributed by atoms with Crippen LogP contribution in [0, 0.1) is 6.92 Å². The van der Waals surface area contributed by atoms with Crippen molar-refractivity contribution in [1.82, 2.24) is 15.0 Å². The molecule has 0 radical (unpaired) electrons. The number of para-hydroxylation sites is 2. The van der Waals surface area contributed by atoms with Gasteiger partial charge in [0.1, 0.15) is 0 Å². The monoisotopic (exact) mass is 476 g/mol. The van der Waals surface area contributed by atoms with Crippen molar-refractivity contribution in [2.45, 2.75) is 12.1 Å². The first-order chi connectivity index (χ1) is 16.1. The van der Waals surface area contributed by atoms with Gasteiger partial charge in [-0.2, -0.15) is 15.0 Å². The zero-order valence-corrected chi connectivity index (χ0v) is 19.3. The Hall–Kier alpha value is -3.62. The van der Waals surface area contributed by atoms with Crippen LogP contribution in [0.5, 0.6) is 0 Å². The van der Waals surface area contributed by atoms with Gasteiger partial charge in [-0.25, -0.2) is 0 Å². The number of anilines is 5. The fraction of sp³-hybridized carbons (Fsp3) is 0.0833. The number of carbonyl (C=O) groups is 1. The SMILES string of the molecule is Cc1c(Cl)cccc1NC(=O)CSc1nc(Nc2ccccc2)nc(Nc2ccccc2)n1. The molecule has 0 aliphatic rings. The van der Waals surface area contributed by atoms with E-state index in [1.54, 1.807) is 12.1 Å². The van der Waals surface area contributed by atoms with Crippen molar-refractivity contribution < 1.29 is 4.79 Å². The van der Waals surface area contributed by atoms with Crippen LogP contribution in [-0.2, 0) is 4.79 Å². The molecule has 33 heavy (non-hydrogen) atoms. The highest BCUT2D eigenvalue weighted by Gasteiger charge is 2.12. The molecule has 0 aliphatic carbocycles. The fourth-order valence-electron chi connectivity index (χ4n) is 2.89. The topological polar surface area (TPSA) is 91.8 Å². The van der Waals surface area contributed by atoms with Crippen molar-refractivity contribution in [2.75, 3.05) is 21.7 Å².